The van der Waals surface area contributed by atoms with Crippen LogP contribution < -0.4 is 0 Å². The van der Waals surface area contributed by atoms with Gasteiger partial charge in [0.05, 0.1) is 18.5 Å². The highest BCUT2D eigenvalue weighted by Crippen LogP contribution is 2.32. The van der Waals surface area contributed by atoms with Crippen LogP contribution in [0.25, 0.3) is 0 Å². The molecule has 6 heteroatoms. The van der Waals surface area contributed by atoms with Gasteiger partial charge in [0.15, 0.2) is 0 Å². The van der Waals surface area contributed by atoms with Crippen molar-refractivity contribution < 1.29 is 19.1 Å². The summed E-state index contributed by atoms with van der Waals surface area (Å²) in [6.45, 7) is 5.83. The van der Waals surface area contributed by atoms with Crippen molar-refractivity contribution in [1.82, 2.24) is 4.90 Å². The van der Waals surface area contributed by atoms with Gasteiger partial charge in [0.1, 0.15) is 17.6 Å². The van der Waals surface area contributed by atoms with Crippen LogP contribution in [0.15, 0.2) is 0 Å². The SMILES string of the molecule is CC(C)(C)OC(=O)N1C[C@@H](C#N)[C@H](OC(=O)C2CC2)C1. The van der Waals surface area contributed by atoms with E-state index in [0.29, 0.717) is 0 Å². The Morgan fingerprint density at radius 1 is 1.25 bits per heavy atom. The first-order valence-electron chi connectivity index (χ1n) is 6.88. The van der Waals surface area contributed by atoms with Crippen molar-refractivity contribution in [1.29, 1.82) is 5.26 Å². The molecule has 1 saturated carbocycles. The lowest BCUT2D eigenvalue weighted by Gasteiger charge is -2.24. The molecule has 2 aliphatic rings. The maximum Gasteiger partial charge on any atom is 0.410 e. The molecule has 2 atom stereocenters. The van der Waals surface area contributed by atoms with Gasteiger partial charge in [-0.3, -0.25) is 4.79 Å². The van der Waals surface area contributed by atoms with E-state index in [1.807, 2.05) is 0 Å². The molecule has 0 aromatic carbocycles. The molecule has 6 nitrogen and oxygen atoms in total. The van der Waals surface area contributed by atoms with Gasteiger partial charge < -0.3 is 14.4 Å². The molecule has 1 aliphatic carbocycles. The van der Waals surface area contributed by atoms with Crippen LogP contribution in [0.5, 0.6) is 0 Å². The van der Waals surface area contributed by atoms with Crippen molar-refractivity contribution in [2.75, 3.05) is 13.1 Å². The minimum Gasteiger partial charge on any atom is -0.459 e. The molecule has 1 aliphatic heterocycles. The lowest BCUT2D eigenvalue weighted by Crippen LogP contribution is -2.36. The third kappa shape index (κ3) is 3.62. The smallest absolute Gasteiger partial charge is 0.410 e. The van der Waals surface area contributed by atoms with Crippen LogP contribution in [0.1, 0.15) is 33.6 Å². The Morgan fingerprint density at radius 2 is 1.90 bits per heavy atom. The van der Waals surface area contributed by atoms with E-state index in [1.165, 1.54) is 4.90 Å². The van der Waals surface area contributed by atoms with E-state index in [1.54, 1.807) is 20.8 Å². The highest BCUT2D eigenvalue weighted by Gasteiger charge is 2.42. The van der Waals surface area contributed by atoms with Crippen molar-refractivity contribution >= 4 is 12.1 Å². The van der Waals surface area contributed by atoms with Crippen LogP contribution in [-0.2, 0) is 14.3 Å². The van der Waals surface area contributed by atoms with Gasteiger partial charge in [0.25, 0.3) is 0 Å². The number of hydrogen-bond donors (Lipinski definition) is 0. The van der Waals surface area contributed by atoms with Gasteiger partial charge in [0, 0.05) is 6.54 Å². The number of amides is 1. The monoisotopic (exact) mass is 280 g/mol. The number of rotatable bonds is 2. The van der Waals surface area contributed by atoms with Crippen molar-refractivity contribution in [2.24, 2.45) is 11.8 Å². The highest BCUT2D eigenvalue weighted by molar-refractivity contribution is 5.75. The van der Waals surface area contributed by atoms with Gasteiger partial charge in [-0.05, 0) is 33.6 Å². The van der Waals surface area contributed by atoms with Crippen LogP contribution in [0.2, 0.25) is 0 Å². The van der Waals surface area contributed by atoms with Gasteiger partial charge >= 0.3 is 12.1 Å². The fourth-order valence-electron chi connectivity index (χ4n) is 2.06. The number of carbonyl (C=O) groups is 2. The first-order chi connectivity index (χ1) is 9.30. The molecular formula is C14H20N2O4. The quantitative estimate of drug-likeness (QED) is 0.719. The minimum atomic E-state index is -0.581. The Kier molecular flexibility index (Phi) is 3.89. The molecular weight excluding hydrogens is 260 g/mol. The molecule has 0 N–H and O–H groups in total. The number of carbonyl (C=O) groups excluding carboxylic acids is 2. The highest BCUT2D eigenvalue weighted by atomic mass is 16.6. The van der Waals surface area contributed by atoms with E-state index in [0.717, 1.165) is 12.8 Å². The minimum absolute atomic E-state index is 0.00933. The van der Waals surface area contributed by atoms with E-state index in [-0.39, 0.29) is 25.0 Å². The Morgan fingerprint density at radius 3 is 2.40 bits per heavy atom. The van der Waals surface area contributed by atoms with Crippen LogP contribution in [0, 0.1) is 23.2 Å². The molecule has 0 aromatic heterocycles. The second-order valence-corrected chi connectivity index (χ2v) is 6.37. The summed E-state index contributed by atoms with van der Waals surface area (Å²) in [6, 6.07) is 2.10. The zero-order valence-electron chi connectivity index (χ0n) is 12.1. The second kappa shape index (κ2) is 5.31. The number of nitrogens with zero attached hydrogens (tertiary/aromatic N) is 2. The van der Waals surface area contributed by atoms with Crippen LogP contribution in [0.3, 0.4) is 0 Å². The average molecular weight is 280 g/mol. The van der Waals surface area contributed by atoms with Crippen molar-refractivity contribution in [3.8, 4) is 6.07 Å². The number of hydrogen-bond acceptors (Lipinski definition) is 5. The van der Waals surface area contributed by atoms with E-state index in [4.69, 9.17) is 14.7 Å². The number of esters is 1. The molecule has 0 spiro atoms. The Labute approximate surface area is 118 Å². The van der Waals surface area contributed by atoms with Crippen molar-refractivity contribution in [3.63, 3.8) is 0 Å². The maximum absolute atomic E-state index is 12.0. The maximum atomic E-state index is 12.0. The Balaban J connectivity index is 1.93. The number of ether oxygens (including phenoxy) is 2. The molecule has 0 aromatic rings. The van der Waals surface area contributed by atoms with Crippen LogP contribution in [0.4, 0.5) is 4.79 Å². The Hall–Kier alpha value is -1.77. The molecule has 1 saturated heterocycles. The van der Waals surface area contributed by atoms with Gasteiger partial charge in [-0.1, -0.05) is 0 Å². The van der Waals surface area contributed by atoms with Gasteiger partial charge in [0.2, 0.25) is 0 Å². The van der Waals surface area contributed by atoms with Gasteiger partial charge in [-0.15, -0.1) is 0 Å². The zero-order chi connectivity index (χ0) is 14.9. The largest absolute Gasteiger partial charge is 0.459 e. The Bertz CT molecular complexity index is 445. The summed E-state index contributed by atoms with van der Waals surface area (Å²) in [6.07, 6.45) is 0.709. The van der Waals surface area contributed by atoms with Gasteiger partial charge in [-0.2, -0.15) is 5.26 Å². The number of likely N-dealkylation sites (tertiary alicyclic amines) is 1. The molecule has 20 heavy (non-hydrogen) atoms. The van der Waals surface area contributed by atoms with E-state index >= 15 is 0 Å². The molecule has 1 amide bonds. The molecule has 0 unspecified atom stereocenters. The first-order valence-corrected chi connectivity index (χ1v) is 6.88. The average Bonchev–Trinajstić information content (AvgIpc) is 3.09. The van der Waals surface area contributed by atoms with Gasteiger partial charge in [-0.25, -0.2) is 4.79 Å². The summed E-state index contributed by atoms with van der Waals surface area (Å²) in [5.74, 6) is -0.739. The normalized spacial score (nSPS) is 26.0. The summed E-state index contributed by atoms with van der Waals surface area (Å²) in [4.78, 5) is 25.1. The second-order valence-electron chi connectivity index (χ2n) is 6.37. The van der Waals surface area contributed by atoms with E-state index in [2.05, 4.69) is 6.07 Å². The summed E-state index contributed by atoms with van der Waals surface area (Å²) >= 11 is 0. The fourth-order valence-corrected chi connectivity index (χ4v) is 2.06. The van der Waals surface area contributed by atoms with Crippen LogP contribution >= 0.6 is 0 Å². The molecule has 2 fully saturated rings. The number of nitriles is 1. The third-order valence-electron chi connectivity index (χ3n) is 3.26. The molecule has 0 radical (unpaired) electrons. The molecule has 1 heterocycles. The van der Waals surface area contributed by atoms with Crippen molar-refractivity contribution in [3.05, 3.63) is 0 Å². The summed E-state index contributed by atoms with van der Waals surface area (Å²) in [7, 11) is 0. The van der Waals surface area contributed by atoms with E-state index in [9.17, 15) is 9.59 Å². The lowest BCUT2D eigenvalue weighted by atomic mass is 10.1. The zero-order valence-corrected chi connectivity index (χ0v) is 12.1. The fraction of sp³-hybridized carbons (Fsp3) is 0.786. The lowest BCUT2D eigenvalue weighted by molar-refractivity contribution is -0.151. The van der Waals surface area contributed by atoms with Crippen molar-refractivity contribution in [2.45, 2.75) is 45.3 Å². The van der Waals surface area contributed by atoms with E-state index < -0.39 is 23.7 Å². The third-order valence-corrected chi connectivity index (χ3v) is 3.26. The summed E-state index contributed by atoms with van der Waals surface area (Å²) in [5, 5.41) is 9.12. The molecule has 110 valence electrons. The topological polar surface area (TPSA) is 79.6 Å². The van der Waals surface area contributed by atoms with Crippen LogP contribution in [-0.4, -0.2) is 41.8 Å². The molecule has 2 rings (SSSR count). The molecule has 0 bridgehead atoms. The summed E-state index contributed by atoms with van der Waals surface area (Å²) in [5.41, 5.74) is -0.581. The predicted octanol–water partition coefficient (Wildman–Crippen LogP) is 1.70. The summed E-state index contributed by atoms with van der Waals surface area (Å²) < 4.78 is 10.6. The first kappa shape index (κ1) is 14.6. The standard InChI is InChI=1S/C14H20N2O4/c1-14(2,3)20-13(18)16-7-10(6-15)11(8-16)19-12(17)9-4-5-9/h9-11H,4-5,7-8H2,1-3H3/t10-,11-/m1/s1. The predicted molar refractivity (Wildman–Crippen MR) is 69.5 cm³/mol.